The molecule has 1 aromatic heterocycles. The van der Waals surface area contributed by atoms with Gasteiger partial charge in [0, 0.05) is 7.11 Å². The van der Waals surface area contributed by atoms with E-state index < -0.39 is 0 Å². The van der Waals surface area contributed by atoms with Gasteiger partial charge in [-0.25, -0.2) is 14.7 Å². The number of rotatable bonds is 8. The van der Waals surface area contributed by atoms with Crippen LogP contribution in [0.5, 0.6) is 0 Å². The third kappa shape index (κ3) is 5.37. The Bertz CT molecular complexity index is 791. The van der Waals surface area contributed by atoms with Crippen LogP contribution in [0.1, 0.15) is 29.7 Å². The molecule has 0 spiro atoms. The third-order valence-electron chi connectivity index (χ3n) is 3.70. The maximum atomic E-state index is 5.35. The Morgan fingerprint density at radius 3 is 2.62 bits per heavy atom. The van der Waals surface area contributed by atoms with Crippen LogP contribution in [0.25, 0.3) is 0 Å². The molecule has 138 valence electrons. The fraction of sp³-hybridized carbons (Fsp3) is 0.316. The Morgan fingerprint density at radius 1 is 1.31 bits per heavy atom. The van der Waals surface area contributed by atoms with Crippen LogP contribution in [-0.4, -0.2) is 34.3 Å². The Morgan fingerprint density at radius 2 is 2.00 bits per heavy atom. The van der Waals surface area contributed by atoms with Crippen molar-refractivity contribution in [1.29, 1.82) is 0 Å². The van der Waals surface area contributed by atoms with E-state index in [9.17, 15) is 0 Å². The smallest absolute Gasteiger partial charge is 0.280 e. The molecule has 7 heteroatoms. The zero-order valence-electron chi connectivity index (χ0n) is 15.5. The van der Waals surface area contributed by atoms with Crippen LogP contribution in [0.3, 0.4) is 0 Å². The first kappa shape index (κ1) is 19.6. The summed E-state index contributed by atoms with van der Waals surface area (Å²) in [5.41, 5.74) is 3.27. The van der Waals surface area contributed by atoms with Gasteiger partial charge in [-0.05, 0) is 25.0 Å². The average molecular weight is 355 g/mol. The number of nitrogens with zero attached hydrogens (tertiary/aromatic N) is 4. The number of benzene rings is 1. The summed E-state index contributed by atoms with van der Waals surface area (Å²) >= 11 is 0. The van der Waals surface area contributed by atoms with Gasteiger partial charge in [-0.2, -0.15) is 5.90 Å². The van der Waals surface area contributed by atoms with Gasteiger partial charge in [0.2, 0.25) is 5.82 Å². The monoisotopic (exact) mass is 355 g/mol. The number of ether oxygens (including phenoxy) is 1. The lowest BCUT2D eigenvalue weighted by atomic mass is 10.1. The lowest BCUT2D eigenvalue weighted by Gasteiger charge is -2.05. The molecule has 2 aromatic rings. The standard InChI is InChI=1S/C19H25N5O2/c1-5-6-14(2)11-21-19(26-20)18-22-15(3)24(23-18)12-16-7-9-17(10-8-16)13-25-4/h5-10H,1,11-13,20H2,2-4H3. The molecule has 0 saturated carbocycles. The van der Waals surface area contributed by atoms with Crippen molar-refractivity contribution in [3.63, 3.8) is 0 Å². The second kappa shape index (κ2) is 9.65. The van der Waals surface area contributed by atoms with Gasteiger partial charge in [-0.1, -0.05) is 48.6 Å². The fourth-order valence-corrected chi connectivity index (χ4v) is 2.35. The van der Waals surface area contributed by atoms with Crippen molar-refractivity contribution in [2.24, 2.45) is 10.9 Å². The second-order valence-electron chi connectivity index (χ2n) is 5.88. The van der Waals surface area contributed by atoms with Crippen LogP contribution < -0.4 is 5.90 Å². The van der Waals surface area contributed by atoms with E-state index >= 15 is 0 Å². The number of methoxy groups -OCH3 is 1. The first-order valence-electron chi connectivity index (χ1n) is 8.25. The molecule has 2 rings (SSSR count). The zero-order chi connectivity index (χ0) is 18.9. The van der Waals surface area contributed by atoms with Gasteiger partial charge in [0.05, 0.1) is 19.7 Å². The van der Waals surface area contributed by atoms with Crippen LogP contribution in [0.15, 0.2) is 53.6 Å². The highest BCUT2D eigenvalue weighted by molar-refractivity contribution is 5.90. The molecule has 0 bridgehead atoms. The van der Waals surface area contributed by atoms with Crippen LogP contribution >= 0.6 is 0 Å². The Labute approximate surface area is 153 Å². The fourth-order valence-electron chi connectivity index (χ4n) is 2.35. The van der Waals surface area contributed by atoms with E-state index in [1.165, 1.54) is 0 Å². The van der Waals surface area contributed by atoms with Gasteiger partial charge in [0.15, 0.2) is 0 Å². The largest absolute Gasteiger partial charge is 0.387 e. The average Bonchev–Trinajstić information content (AvgIpc) is 2.98. The molecule has 7 nitrogen and oxygen atoms in total. The highest BCUT2D eigenvalue weighted by Gasteiger charge is 2.14. The molecule has 0 unspecified atom stereocenters. The topological polar surface area (TPSA) is 87.6 Å². The summed E-state index contributed by atoms with van der Waals surface area (Å²) in [7, 11) is 1.68. The predicted molar refractivity (Wildman–Crippen MR) is 102 cm³/mol. The molecule has 0 aliphatic heterocycles. The Kier molecular flexibility index (Phi) is 7.25. The van der Waals surface area contributed by atoms with Gasteiger partial charge in [-0.15, -0.1) is 5.10 Å². The maximum Gasteiger partial charge on any atom is 0.280 e. The minimum absolute atomic E-state index is 0.208. The lowest BCUT2D eigenvalue weighted by Crippen LogP contribution is -2.15. The summed E-state index contributed by atoms with van der Waals surface area (Å²) < 4.78 is 6.92. The minimum atomic E-state index is 0.208. The normalized spacial score (nSPS) is 12.3. The number of nitrogens with two attached hydrogens (primary N) is 1. The molecule has 1 aromatic carbocycles. The first-order chi connectivity index (χ1) is 12.6. The molecular weight excluding hydrogens is 330 g/mol. The van der Waals surface area contributed by atoms with E-state index in [-0.39, 0.29) is 5.90 Å². The maximum absolute atomic E-state index is 5.35. The highest BCUT2D eigenvalue weighted by Crippen LogP contribution is 2.09. The van der Waals surface area contributed by atoms with Crippen LogP contribution in [-0.2, 0) is 22.7 Å². The molecule has 0 fully saturated rings. The van der Waals surface area contributed by atoms with Gasteiger partial charge in [0.25, 0.3) is 5.90 Å². The van der Waals surface area contributed by atoms with E-state index in [1.807, 2.05) is 44.2 Å². The number of aromatic nitrogens is 3. The summed E-state index contributed by atoms with van der Waals surface area (Å²) in [6.45, 7) is 9.12. The SMILES string of the molecule is C=CC=C(C)CN=C(ON)c1nc(C)n(Cc2ccc(COC)cc2)n1. The quantitative estimate of drug-likeness (QED) is 0.340. The van der Waals surface area contributed by atoms with E-state index in [4.69, 9.17) is 15.5 Å². The van der Waals surface area contributed by atoms with Crippen molar-refractivity contribution < 1.29 is 9.57 Å². The summed E-state index contributed by atoms with van der Waals surface area (Å²) in [5, 5.41) is 4.46. The molecule has 0 aliphatic carbocycles. The van der Waals surface area contributed by atoms with Crippen molar-refractivity contribution in [2.75, 3.05) is 13.7 Å². The van der Waals surface area contributed by atoms with Gasteiger partial charge in [-0.3, -0.25) is 0 Å². The number of aryl methyl sites for hydroxylation is 1. The molecule has 2 N–H and O–H groups in total. The molecule has 26 heavy (non-hydrogen) atoms. The molecule has 1 heterocycles. The molecule has 0 atom stereocenters. The van der Waals surface area contributed by atoms with Crippen molar-refractivity contribution in [3.8, 4) is 0 Å². The Balaban J connectivity index is 2.15. The van der Waals surface area contributed by atoms with Crippen molar-refractivity contribution >= 4 is 5.90 Å². The number of allylic oxidation sites excluding steroid dienone is 2. The van der Waals surface area contributed by atoms with E-state index in [2.05, 4.69) is 21.7 Å². The van der Waals surface area contributed by atoms with Crippen LogP contribution in [0, 0.1) is 6.92 Å². The molecule has 0 saturated heterocycles. The van der Waals surface area contributed by atoms with Crippen molar-refractivity contribution in [3.05, 3.63) is 71.3 Å². The first-order valence-corrected chi connectivity index (χ1v) is 8.25. The van der Waals surface area contributed by atoms with Gasteiger partial charge < -0.3 is 9.57 Å². The number of aliphatic imine (C=N–C) groups is 1. The molecular formula is C19H25N5O2. The van der Waals surface area contributed by atoms with E-state index in [0.717, 1.165) is 22.5 Å². The van der Waals surface area contributed by atoms with Gasteiger partial charge >= 0.3 is 0 Å². The zero-order valence-corrected chi connectivity index (χ0v) is 15.5. The molecule has 0 radical (unpaired) electrons. The summed E-state index contributed by atoms with van der Waals surface area (Å²) in [5.74, 6) is 6.68. The van der Waals surface area contributed by atoms with Crippen LogP contribution in [0.2, 0.25) is 0 Å². The molecule has 0 aliphatic rings. The van der Waals surface area contributed by atoms with Crippen molar-refractivity contribution in [2.45, 2.75) is 27.0 Å². The number of hydrogen-bond donors (Lipinski definition) is 1. The lowest BCUT2D eigenvalue weighted by molar-refractivity contribution is 0.185. The third-order valence-corrected chi connectivity index (χ3v) is 3.70. The van der Waals surface area contributed by atoms with E-state index in [0.29, 0.717) is 25.5 Å². The highest BCUT2D eigenvalue weighted by atomic mass is 16.6. The second-order valence-corrected chi connectivity index (χ2v) is 5.88. The number of hydrogen-bond acceptors (Lipinski definition) is 6. The minimum Gasteiger partial charge on any atom is -0.387 e. The molecule has 0 amide bonds. The Hall–Kier alpha value is -2.77. The van der Waals surface area contributed by atoms with Crippen molar-refractivity contribution in [1.82, 2.24) is 14.8 Å². The van der Waals surface area contributed by atoms with E-state index in [1.54, 1.807) is 17.9 Å². The summed E-state index contributed by atoms with van der Waals surface area (Å²) in [6.07, 6.45) is 3.59. The predicted octanol–water partition coefficient (Wildman–Crippen LogP) is 2.55. The van der Waals surface area contributed by atoms with Crippen LogP contribution in [0.4, 0.5) is 0 Å². The van der Waals surface area contributed by atoms with Gasteiger partial charge in [0.1, 0.15) is 5.82 Å². The summed E-state index contributed by atoms with van der Waals surface area (Å²) in [6, 6.07) is 8.17. The summed E-state index contributed by atoms with van der Waals surface area (Å²) in [4.78, 5) is 13.6.